The van der Waals surface area contributed by atoms with Crippen molar-refractivity contribution in [1.29, 1.82) is 0 Å². The Morgan fingerprint density at radius 1 is 1.00 bits per heavy atom. The van der Waals surface area contributed by atoms with E-state index in [-0.39, 0.29) is 5.78 Å². The van der Waals surface area contributed by atoms with E-state index in [0.717, 1.165) is 0 Å². The number of esters is 1. The average molecular weight is 392 g/mol. The summed E-state index contributed by atoms with van der Waals surface area (Å²) < 4.78 is 10.8. The molecule has 2 aromatic carbocycles. The molecule has 0 saturated carbocycles. The van der Waals surface area contributed by atoms with Crippen LogP contribution in [0.25, 0.3) is 0 Å². The van der Waals surface area contributed by atoms with Crippen LogP contribution in [0.1, 0.15) is 39.0 Å². The Morgan fingerprint density at radius 3 is 2.34 bits per heavy atom. The van der Waals surface area contributed by atoms with Gasteiger partial charge in [0, 0.05) is 5.69 Å². The molecular weight excluding hydrogens is 368 g/mol. The number of ether oxygens (including phenoxy) is 2. The second-order valence-electron chi connectivity index (χ2n) is 6.76. The molecule has 1 atom stereocenters. The van der Waals surface area contributed by atoms with E-state index in [1.807, 2.05) is 54.6 Å². The van der Waals surface area contributed by atoms with Gasteiger partial charge in [-0.15, -0.1) is 0 Å². The number of aromatic amines is 1. The summed E-state index contributed by atoms with van der Waals surface area (Å²) in [5, 5.41) is 3.22. The number of H-pyrrole nitrogens is 1. The maximum atomic E-state index is 13.0. The molecule has 6 heteroatoms. The van der Waals surface area contributed by atoms with Gasteiger partial charge in [-0.2, -0.15) is 0 Å². The molecule has 0 radical (unpaired) electrons. The highest BCUT2D eigenvalue weighted by Crippen LogP contribution is 2.30. The SMILES string of the molecule is COC(=O)c1c(C)[nH]c(C(=O)[C@H](C)Nc2ccccc2Oc2ccccc2)c1C. The average Bonchev–Trinajstić information content (AvgIpc) is 3.03. The lowest BCUT2D eigenvalue weighted by Gasteiger charge is -2.17. The van der Waals surface area contributed by atoms with Gasteiger partial charge in [0.05, 0.1) is 30.1 Å². The molecule has 0 bridgehead atoms. The van der Waals surface area contributed by atoms with Crippen molar-refractivity contribution >= 4 is 17.4 Å². The fourth-order valence-electron chi connectivity index (χ4n) is 3.21. The Labute approximate surface area is 169 Å². The number of benzene rings is 2. The van der Waals surface area contributed by atoms with E-state index >= 15 is 0 Å². The van der Waals surface area contributed by atoms with Crippen molar-refractivity contribution < 1.29 is 19.1 Å². The van der Waals surface area contributed by atoms with Crippen molar-refractivity contribution in [3.8, 4) is 11.5 Å². The number of aryl methyl sites for hydroxylation is 1. The van der Waals surface area contributed by atoms with Gasteiger partial charge in [0.15, 0.2) is 5.75 Å². The van der Waals surface area contributed by atoms with Crippen LogP contribution in [0, 0.1) is 13.8 Å². The fourth-order valence-corrected chi connectivity index (χ4v) is 3.21. The smallest absolute Gasteiger partial charge is 0.339 e. The van der Waals surface area contributed by atoms with Crippen LogP contribution >= 0.6 is 0 Å². The Bertz CT molecular complexity index is 1020. The maximum absolute atomic E-state index is 13.0. The van der Waals surface area contributed by atoms with E-state index in [1.165, 1.54) is 7.11 Å². The monoisotopic (exact) mass is 392 g/mol. The van der Waals surface area contributed by atoms with Crippen molar-refractivity contribution in [3.63, 3.8) is 0 Å². The third kappa shape index (κ3) is 4.32. The first-order valence-corrected chi connectivity index (χ1v) is 9.32. The number of hydrogen-bond acceptors (Lipinski definition) is 5. The predicted octanol–water partition coefficient (Wildman–Crippen LogP) is 4.89. The van der Waals surface area contributed by atoms with Crippen molar-refractivity contribution in [2.24, 2.45) is 0 Å². The fraction of sp³-hybridized carbons (Fsp3) is 0.217. The molecule has 2 N–H and O–H groups in total. The normalized spacial score (nSPS) is 11.6. The first-order valence-electron chi connectivity index (χ1n) is 9.32. The number of aromatic nitrogens is 1. The summed E-state index contributed by atoms with van der Waals surface area (Å²) in [5.74, 6) is 0.708. The van der Waals surface area contributed by atoms with E-state index in [9.17, 15) is 9.59 Å². The summed E-state index contributed by atoms with van der Waals surface area (Å²) in [5.41, 5.74) is 2.69. The summed E-state index contributed by atoms with van der Waals surface area (Å²) in [6.07, 6.45) is 0. The van der Waals surface area contributed by atoms with Gasteiger partial charge >= 0.3 is 5.97 Å². The molecule has 0 aliphatic rings. The molecule has 1 heterocycles. The molecule has 0 spiro atoms. The summed E-state index contributed by atoms with van der Waals surface area (Å²) in [4.78, 5) is 28.0. The van der Waals surface area contributed by atoms with Gasteiger partial charge in [0.2, 0.25) is 5.78 Å². The maximum Gasteiger partial charge on any atom is 0.339 e. The second kappa shape index (κ2) is 8.65. The highest BCUT2D eigenvalue weighted by atomic mass is 16.5. The number of anilines is 1. The van der Waals surface area contributed by atoms with Crippen LogP contribution in [0.3, 0.4) is 0 Å². The largest absolute Gasteiger partial charge is 0.465 e. The summed E-state index contributed by atoms with van der Waals surface area (Å²) in [7, 11) is 1.32. The third-order valence-electron chi connectivity index (χ3n) is 4.70. The van der Waals surface area contributed by atoms with Gasteiger partial charge in [-0.05, 0) is 50.6 Å². The molecule has 0 unspecified atom stereocenters. The lowest BCUT2D eigenvalue weighted by Crippen LogP contribution is -2.27. The minimum atomic E-state index is -0.544. The molecule has 0 aliphatic carbocycles. The van der Waals surface area contributed by atoms with Gasteiger partial charge in [0.25, 0.3) is 0 Å². The van der Waals surface area contributed by atoms with Crippen LogP contribution in [-0.2, 0) is 4.74 Å². The zero-order valence-electron chi connectivity index (χ0n) is 16.9. The molecule has 29 heavy (non-hydrogen) atoms. The molecule has 3 rings (SSSR count). The molecule has 0 amide bonds. The minimum Gasteiger partial charge on any atom is -0.465 e. The van der Waals surface area contributed by atoms with E-state index in [0.29, 0.717) is 39.7 Å². The number of carbonyl (C=O) groups is 2. The Balaban J connectivity index is 1.82. The van der Waals surface area contributed by atoms with Crippen molar-refractivity contribution in [3.05, 3.63) is 77.1 Å². The molecule has 1 aromatic heterocycles. The number of para-hydroxylation sites is 3. The van der Waals surface area contributed by atoms with E-state index in [4.69, 9.17) is 9.47 Å². The first-order chi connectivity index (χ1) is 13.9. The minimum absolute atomic E-state index is 0.157. The van der Waals surface area contributed by atoms with Crippen LogP contribution in [-0.4, -0.2) is 29.9 Å². The highest BCUT2D eigenvalue weighted by Gasteiger charge is 2.25. The first kappa shape index (κ1) is 20.2. The van der Waals surface area contributed by atoms with Crippen LogP contribution in [0.2, 0.25) is 0 Å². The molecule has 0 saturated heterocycles. The molecule has 3 aromatic rings. The number of nitrogens with one attached hydrogen (secondary N) is 2. The summed E-state index contributed by atoms with van der Waals surface area (Å²) in [6, 6.07) is 16.3. The number of hydrogen-bond donors (Lipinski definition) is 2. The van der Waals surface area contributed by atoms with E-state index in [1.54, 1.807) is 20.8 Å². The van der Waals surface area contributed by atoms with Crippen LogP contribution in [0.15, 0.2) is 54.6 Å². The van der Waals surface area contributed by atoms with Crippen LogP contribution in [0.5, 0.6) is 11.5 Å². The van der Waals surface area contributed by atoms with Crippen molar-refractivity contribution in [2.45, 2.75) is 26.8 Å². The van der Waals surface area contributed by atoms with Crippen molar-refractivity contribution in [1.82, 2.24) is 4.98 Å². The van der Waals surface area contributed by atoms with Crippen LogP contribution < -0.4 is 10.1 Å². The third-order valence-corrected chi connectivity index (χ3v) is 4.70. The quantitative estimate of drug-likeness (QED) is 0.442. The van der Waals surface area contributed by atoms with Gasteiger partial charge in [-0.25, -0.2) is 4.79 Å². The van der Waals surface area contributed by atoms with Gasteiger partial charge in [-0.1, -0.05) is 30.3 Å². The standard InChI is InChI=1S/C23H24N2O4/c1-14-20(23(27)28-4)15(2)25-21(14)22(26)16(3)24-18-12-8-9-13-19(18)29-17-10-6-5-7-11-17/h5-13,16,24-25H,1-4H3/t16-/m0/s1. The molecular formula is C23H24N2O4. The number of methoxy groups -OCH3 is 1. The lowest BCUT2D eigenvalue weighted by atomic mass is 10.0. The number of ketones is 1. The Kier molecular flexibility index (Phi) is 6.02. The molecule has 0 fully saturated rings. The van der Waals surface area contributed by atoms with Crippen molar-refractivity contribution in [2.75, 3.05) is 12.4 Å². The number of carbonyl (C=O) groups excluding carboxylic acids is 2. The lowest BCUT2D eigenvalue weighted by molar-refractivity contribution is 0.0599. The Hall–Kier alpha value is -3.54. The van der Waals surface area contributed by atoms with Gasteiger partial charge in [0.1, 0.15) is 5.75 Å². The summed E-state index contributed by atoms with van der Waals surface area (Å²) in [6.45, 7) is 5.26. The second-order valence-corrected chi connectivity index (χ2v) is 6.76. The zero-order valence-corrected chi connectivity index (χ0v) is 16.9. The van der Waals surface area contributed by atoms with Crippen LogP contribution in [0.4, 0.5) is 5.69 Å². The topological polar surface area (TPSA) is 80.4 Å². The molecule has 6 nitrogen and oxygen atoms in total. The summed E-state index contributed by atoms with van der Waals surface area (Å²) >= 11 is 0. The van der Waals surface area contributed by atoms with E-state index < -0.39 is 12.0 Å². The van der Waals surface area contributed by atoms with E-state index in [2.05, 4.69) is 10.3 Å². The van der Waals surface area contributed by atoms with Gasteiger partial charge in [-0.3, -0.25) is 4.79 Å². The Morgan fingerprint density at radius 2 is 1.66 bits per heavy atom. The number of rotatable bonds is 7. The number of Topliss-reactive ketones (excluding diaryl/α,β-unsaturated/α-hetero) is 1. The predicted molar refractivity (Wildman–Crippen MR) is 112 cm³/mol. The molecule has 0 aliphatic heterocycles. The zero-order chi connectivity index (χ0) is 21.0. The molecule has 150 valence electrons. The van der Waals surface area contributed by atoms with Gasteiger partial charge < -0.3 is 19.8 Å². The highest BCUT2D eigenvalue weighted by molar-refractivity contribution is 6.04.